The molecule has 5 nitrogen and oxygen atoms in total. The second kappa shape index (κ2) is 2.44. The van der Waals surface area contributed by atoms with Gasteiger partial charge in [0.05, 0.1) is 17.1 Å². The van der Waals surface area contributed by atoms with E-state index in [1.54, 1.807) is 12.7 Å². The molecule has 0 aromatic carbocycles. The topological polar surface area (TPSA) is 59.4 Å². The fraction of sp³-hybridized carbons (Fsp3) is 0.286. The van der Waals surface area contributed by atoms with E-state index in [9.17, 15) is 0 Å². The molecule has 0 amide bonds. The Morgan fingerprint density at radius 2 is 1.92 bits per heavy atom. The van der Waals surface area contributed by atoms with Gasteiger partial charge in [0.25, 0.3) is 0 Å². The second-order valence-corrected chi connectivity index (χ2v) is 2.65. The molecular weight excluding hydrogens is 154 g/mol. The number of nitrogens with one attached hydrogen (secondary N) is 1. The average Bonchev–Trinajstić information content (AvgIpc) is 2.61. The minimum absolute atomic E-state index is 0.951. The van der Waals surface area contributed by atoms with Gasteiger partial charge in [0.2, 0.25) is 0 Å². The van der Waals surface area contributed by atoms with Crippen molar-refractivity contribution in [3.63, 3.8) is 0 Å². The number of nitrogens with zero attached hydrogens (tertiary/aromatic N) is 4. The van der Waals surface area contributed by atoms with E-state index in [-0.39, 0.29) is 0 Å². The van der Waals surface area contributed by atoms with Gasteiger partial charge in [-0.2, -0.15) is 5.10 Å². The van der Waals surface area contributed by atoms with Crippen molar-refractivity contribution in [2.75, 3.05) is 0 Å². The van der Waals surface area contributed by atoms with Gasteiger partial charge in [-0.05, 0) is 13.8 Å². The lowest BCUT2D eigenvalue weighted by molar-refractivity contribution is 1.02. The molecule has 2 aromatic rings. The first-order valence-corrected chi connectivity index (χ1v) is 3.65. The fourth-order valence-corrected chi connectivity index (χ4v) is 1.24. The zero-order valence-electron chi connectivity index (χ0n) is 6.94. The number of rotatable bonds is 1. The first-order chi connectivity index (χ1) is 5.79. The smallest absolute Gasteiger partial charge is 0.124 e. The van der Waals surface area contributed by atoms with Gasteiger partial charge in [0.15, 0.2) is 0 Å². The Kier molecular flexibility index (Phi) is 1.43. The van der Waals surface area contributed by atoms with Crippen molar-refractivity contribution in [2.45, 2.75) is 13.8 Å². The summed E-state index contributed by atoms with van der Waals surface area (Å²) in [6.45, 7) is 3.91. The van der Waals surface area contributed by atoms with E-state index in [0.717, 1.165) is 17.1 Å². The van der Waals surface area contributed by atoms with Gasteiger partial charge in [-0.3, -0.25) is 9.67 Å². The van der Waals surface area contributed by atoms with Crippen molar-refractivity contribution in [1.82, 2.24) is 25.0 Å². The summed E-state index contributed by atoms with van der Waals surface area (Å²) in [4.78, 5) is 0. The van der Waals surface area contributed by atoms with Crippen LogP contribution in [0.5, 0.6) is 0 Å². The normalized spacial score (nSPS) is 10.5. The molecule has 0 saturated carbocycles. The van der Waals surface area contributed by atoms with Crippen LogP contribution in [0, 0.1) is 13.8 Å². The van der Waals surface area contributed by atoms with Gasteiger partial charge in [0, 0.05) is 0 Å². The third-order valence-corrected chi connectivity index (χ3v) is 1.77. The van der Waals surface area contributed by atoms with Crippen molar-refractivity contribution >= 4 is 0 Å². The molecular formula is C7H9N5. The number of hydrogen-bond acceptors (Lipinski definition) is 3. The summed E-state index contributed by atoms with van der Waals surface area (Å²) in [5.74, 6) is 0. The standard InChI is InChI=1S/C7H9N5/c1-5-7(6(2)11-10-5)12-3-8-9-4-12/h3-4H,1-2H3,(H,10,11). The summed E-state index contributed by atoms with van der Waals surface area (Å²) in [7, 11) is 0. The van der Waals surface area contributed by atoms with E-state index in [0.29, 0.717) is 0 Å². The zero-order valence-corrected chi connectivity index (χ0v) is 6.94. The molecule has 2 aromatic heterocycles. The molecule has 0 radical (unpaired) electrons. The highest BCUT2D eigenvalue weighted by molar-refractivity contribution is 5.39. The molecule has 62 valence electrons. The monoisotopic (exact) mass is 163 g/mol. The minimum Gasteiger partial charge on any atom is -0.284 e. The Morgan fingerprint density at radius 3 is 2.42 bits per heavy atom. The molecule has 0 atom stereocenters. The van der Waals surface area contributed by atoms with Crippen LogP contribution in [0.3, 0.4) is 0 Å². The highest BCUT2D eigenvalue weighted by Crippen LogP contribution is 2.13. The molecule has 0 aliphatic heterocycles. The lowest BCUT2D eigenvalue weighted by Crippen LogP contribution is -1.92. The lowest BCUT2D eigenvalue weighted by Gasteiger charge is -1.98. The minimum atomic E-state index is 0.951. The second-order valence-electron chi connectivity index (χ2n) is 2.65. The first-order valence-electron chi connectivity index (χ1n) is 3.65. The molecule has 0 saturated heterocycles. The van der Waals surface area contributed by atoms with Gasteiger partial charge in [-0.1, -0.05) is 0 Å². The molecule has 0 aliphatic rings. The Hall–Kier alpha value is -1.65. The van der Waals surface area contributed by atoms with Crippen LogP contribution in [0.1, 0.15) is 11.4 Å². The average molecular weight is 163 g/mol. The van der Waals surface area contributed by atoms with Crippen LogP contribution in [0.2, 0.25) is 0 Å². The Bertz CT molecular complexity index is 353. The first kappa shape index (κ1) is 7.02. The van der Waals surface area contributed by atoms with E-state index >= 15 is 0 Å². The predicted molar refractivity (Wildman–Crippen MR) is 43.0 cm³/mol. The van der Waals surface area contributed by atoms with Crippen molar-refractivity contribution in [3.8, 4) is 5.69 Å². The van der Waals surface area contributed by atoms with Crippen molar-refractivity contribution in [3.05, 3.63) is 24.0 Å². The molecule has 1 N–H and O–H groups in total. The highest BCUT2D eigenvalue weighted by Gasteiger charge is 2.07. The van der Waals surface area contributed by atoms with Crippen LogP contribution < -0.4 is 0 Å². The Morgan fingerprint density at radius 1 is 1.25 bits per heavy atom. The Balaban J connectivity index is 2.60. The van der Waals surface area contributed by atoms with E-state index in [1.807, 2.05) is 18.4 Å². The van der Waals surface area contributed by atoms with Crippen LogP contribution in [0.15, 0.2) is 12.7 Å². The largest absolute Gasteiger partial charge is 0.284 e. The van der Waals surface area contributed by atoms with Gasteiger partial charge >= 0.3 is 0 Å². The van der Waals surface area contributed by atoms with Crippen LogP contribution in [0.4, 0.5) is 0 Å². The fourth-order valence-electron chi connectivity index (χ4n) is 1.24. The maximum atomic E-state index is 4.07. The number of hydrogen-bond donors (Lipinski definition) is 1. The lowest BCUT2D eigenvalue weighted by atomic mass is 10.3. The summed E-state index contributed by atoms with van der Waals surface area (Å²) in [6, 6.07) is 0. The summed E-state index contributed by atoms with van der Waals surface area (Å²) in [6.07, 6.45) is 3.32. The van der Waals surface area contributed by atoms with Crippen LogP contribution >= 0.6 is 0 Å². The van der Waals surface area contributed by atoms with E-state index in [4.69, 9.17) is 0 Å². The molecule has 0 aliphatic carbocycles. The zero-order chi connectivity index (χ0) is 8.55. The molecule has 2 rings (SSSR count). The third-order valence-electron chi connectivity index (χ3n) is 1.77. The van der Waals surface area contributed by atoms with Crippen LogP contribution in [-0.2, 0) is 0 Å². The summed E-state index contributed by atoms with van der Waals surface area (Å²) < 4.78 is 1.84. The van der Waals surface area contributed by atoms with Crippen molar-refractivity contribution in [1.29, 1.82) is 0 Å². The molecule has 5 heteroatoms. The molecule has 12 heavy (non-hydrogen) atoms. The van der Waals surface area contributed by atoms with Crippen LogP contribution in [-0.4, -0.2) is 25.0 Å². The predicted octanol–water partition coefficient (Wildman–Crippen LogP) is 0.607. The van der Waals surface area contributed by atoms with Gasteiger partial charge < -0.3 is 0 Å². The molecule has 0 unspecified atom stereocenters. The number of H-pyrrole nitrogens is 1. The van der Waals surface area contributed by atoms with E-state index in [2.05, 4.69) is 20.4 Å². The van der Waals surface area contributed by atoms with Crippen LogP contribution in [0.25, 0.3) is 5.69 Å². The van der Waals surface area contributed by atoms with Gasteiger partial charge in [0.1, 0.15) is 12.7 Å². The third kappa shape index (κ3) is 0.903. The molecule has 2 heterocycles. The molecule has 0 spiro atoms. The molecule has 0 bridgehead atoms. The summed E-state index contributed by atoms with van der Waals surface area (Å²) in [5.41, 5.74) is 3.00. The highest BCUT2D eigenvalue weighted by atomic mass is 15.3. The van der Waals surface area contributed by atoms with Crippen molar-refractivity contribution in [2.24, 2.45) is 0 Å². The number of aromatic nitrogens is 5. The quantitative estimate of drug-likeness (QED) is 0.670. The Labute approximate surface area is 69.4 Å². The number of aryl methyl sites for hydroxylation is 2. The van der Waals surface area contributed by atoms with Gasteiger partial charge in [-0.25, -0.2) is 0 Å². The SMILES string of the molecule is Cc1n[nH]c(C)c1-n1cnnc1. The molecule has 0 fully saturated rings. The summed E-state index contributed by atoms with van der Waals surface area (Å²) in [5, 5.41) is 14.4. The maximum absolute atomic E-state index is 4.07. The van der Waals surface area contributed by atoms with Crippen molar-refractivity contribution < 1.29 is 0 Å². The van der Waals surface area contributed by atoms with E-state index in [1.165, 1.54) is 0 Å². The summed E-state index contributed by atoms with van der Waals surface area (Å²) >= 11 is 0. The number of aromatic amines is 1. The van der Waals surface area contributed by atoms with Gasteiger partial charge in [-0.15, -0.1) is 10.2 Å². The maximum Gasteiger partial charge on any atom is 0.124 e. The van der Waals surface area contributed by atoms with E-state index < -0.39 is 0 Å².